The lowest BCUT2D eigenvalue weighted by atomic mass is 9.95. The van der Waals surface area contributed by atoms with Gasteiger partial charge in [0.05, 0.1) is 0 Å². The van der Waals surface area contributed by atoms with Gasteiger partial charge in [0.1, 0.15) is 0 Å². The predicted molar refractivity (Wildman–Crippen MR) is 78.9 cm³/mol. The molecule has 3 aromatic rings. The van der Waals surface area contributed by atoms with Gasteiger partial charge in [-0.05, 0) is 33.9 Å². The molecule has 3 aromatic carbocycles. The highest BCUT2D eigenvalue weighted by molar-refractivity contribution is 6.16. The van der Waals surface area contributed by atoms with E-state index in [-0.39, 0.29) is 0 Å². The van der Waals surface area contributed by atoms with Gasteiger partial charge < -0.3 is 4.90 Å². The Morgan fingerprint density at radius 2 is 1.72 bits per heavy atom. The van der Waals surface area contributed by atoms with Crippen molar-refractivity contribution in [3.8, 4) is 0 Å². The van der Waals surface area contributed by atoms with E-state index in [1.54, 1.807) is 0 Å². The Morgan fingerprint density at radius 1 is 0.889 bits per heavy atom. The third-order valence-corrected chi connectivity index (χ3v) is 3.75. The minimum atomic E-state index is 1.29. The smallest absolute Gasteiger partial charge is 0.0495 e. The summed E-state index contributed by atoms with van der Waals surface area (Å²) in [5, 5.41) is 5.35. The fraction of sp³-hybridized carbons (Fsp3) is 0.0588. The summed E-state index contributed by atoms with van der Waals surface area (Å²) < 4.78 is 0. The molecule has 1 aliphatic rings. The number of rotatable bonds is 0. The lowest BCUT2D eigenvalue weighted by Gasteiger charge is -2.23. The van der Waals surface area contributed by atoms with Crippen LogP contribution in [0, 0.1) is 0 Å². The topological polar surface area (TPSA) is 3.24 Å². The number of fused-ring (bicyclic) bond motifs is 2. The van der Waals surface area contributed by atoms with Crippen molar-refractivity contribution in [2.45, 2.75) is 0 Å². The Bertz CT molecular complexity index is 799. The SMILES string of the molecule is CN1C=Cc2cccc3c2c1cc1ccccc13. The van der Waals surface area contributed by atoms with Gasteiger partial charge in [-0.3, -0.25) is 0 Å². The van der Waals surface area contributed by atoms with E-state index in [2.05, 4.69) is 72.8 Å². The first-order chi connectivity index (χ1) is 8.84. The molecule has 86 valence electrons. The Kier molecular flexibility index (Phi) is 1.81. The monoisotopic (exact) mass is 231 g/mol. The number of hydrogen-bond donors (Lipinski definition) is 0. The number of anilines is 1. The van der Waals surface area contributed by atoms with E-state index < -0.39 is 0 Å². The Morgan fingerprint density at radius 3 is 2.67 bits per heavy atom. The van der Waals surface area contributed by atoms with E-state index >= 15 is 0 Å². The number of hydrogen-bond acceptors (Lipinski definition) is 1. The lowest BCUT2D eigenvalue weighted by molar-refractivity contribution is 1.22. The standard InChI is InChI=1S/C17H13N/c1-18-10-9-12-6-4-8-15-14-7-3-2-5-13(14)11-16(18)17(12)15/h2-11H,1H3. The third kappa shape index (κ3) is 1.16. The molecule has 0 spiro atoms. The summed E-state index contributed by atoms with van der Waals surface area (Å²) in [6, 6.07) is 17.4. The summed E-state index contributed by atoms with van der Waals surface area (Å²) >= 11 is 0. The minimum Gasteiger partial charge on any atom is -0.350 e. The normalized spacial score (nSPS) is 13.5. The molecule has 0 N–H and O–H groups in total. The molecule has 0 aliphatic carbocycles. The van der Waals surface area contributed by atoms with Crippen molar-refractivity contribution in [3.05, 3.63) is 60.3 Å². The van der Waals surface area contributed by atoms with Crippen LogP contribution in [0.4, 0.5) is 5.69 Å². The van der Waals surface area contributed by atoms with Crippen LogP contribution >= 0.6 is 0 Å². The molecule has 1 nitrogen and oxygen atoms in total. The van der Waals surface area contributed by atoms with Gasteiger partial charge in [-0.2, -0.15) is 0 Å². The summed E-state index contributed by atoms with van der Waals surface area (Å²) in [6.07, 6.45) is 4.32. The van der Waals surface area contributed by atoms with Gasteiger partial charge in [0.2, 0.25) is 0 Å². The zero-order chi connectivity index (χ0) is 12.1. The predicted octanol–water partition coefficient (Wildman–Crippen LogP) is 4.41. The minimum absolute atomic E-state index is 1.29. The maximum Gasteiger partial charge on any atom is 0.0495 e. The van der Waals surface area contributed by atoms with Crippen molar-refractivity contribution in [2.24, 2.45) is 0 Å². The van der Waals surface area contributed by atoms with Crippen LogP contribution in [0.25, 0.3) is 27.6 Å². The van der Waals surface area contributed by atoms with E-state index in [1.165, 1.54) is 32.8 Å². The molecule has 1 aliphatic heterocycles. The highest BCUT2D eigenvalue weighted by Crippen LogP contribution is 2.38. The second-order valence-electron chi connectivity index (χ2n) is 4.81. The molecule has 1 heteroatoms. The molecule has 4 rings (SSSR count). The van der Waals surface area contributed by atoms with Crippen LogP contribution in [0.2, 0.25) is 0 Å². The van der Waals surface area contributed by atoms with Crippen molar-refractivity contribution in [3.63, 3.8) is 0 Å². The molecular formula is C17H13N. The number of benzene rings is 3. The first-order valence-corrected chi connectivity index (χ1v) is 6.20. The molecule has 0 fully saturated rings. The van der Waals surface area contributed by atoms with Gasteiger partial charge in [-0.1, -0.05) is 42.5 Å². The van der Waals surface area contributed by atoms with Gasteiger partial charge in [0.25, 0.3) is 0 Å². The maximum absolute atomic E-state index is 2.28. The van der Waals surface area contributed by atoms with Gasteiger partial charge in [0, 0.05) is 24.3 Å². The number of nitrogens with zero attached hydrogens (tertiary/aromatic N) is 1. The third-order valence-electron chi connectivity index (χ3n) is 3.75. The van der Waals surface area contributed by atoms with E-state index in [4.69, 9.17) is 0 Å². The van der Waals surface area contributed by atoms with Gasteiger partial charge >= 0.3 is 0 Å². The largest absolute Gasteiger partial charge is 0.350 e. The summed E-state index contributed by atoms with van der Waals surface area (Å²) in [6.45, 7) is 0. The summed E-state index contributed by atoms with van der Waals surface area (Å²) in [5.41, 5.74) is 2.60. The maximum atomic E-state index is 2.28. The fourth-order valence-electron chi connectivity index (χ4n) is 2.86. The molecule has 0 amide bonds. The highest BCUT2D eigenvalue weighted by atomic mass is 15.1. The Balaban J connectivity index is 2.32. The Hall–Kier alpha value is -2.28. The average molecular weight is 231 g/mol. The first-order valence-electron chi connectivity index (χ1n) is 6.20. The molecule has 0 atom stereocenters. The van der Waals surface area contributed by atoms with Crippen molar-refractivity contribution in [1.82, 2.24) is 0 Å². The van der Waals surface area contributed by atoms with Crippen LogP contribution in [-0.4, -0.2) is 7.05 Å². The molecule has 0 aromatic heterocycles. The summed E-state index contributed by atoms with van der Waals surface area (Å²) in [4.78, 5) is 2.20. The van der Waals surface area contributed by atoms with Crippen molar-refractivity contribution in [1.29, 1.82) is 0 Å². The van der Waals surface area contributed by atoms with Crippen molar-refractivity contribution < 1.29 is 0 Å². The second-order valence-corrected chi connectivity index (χ2v) is 4.81. The van der Waals surface area contributed by atoms with Crippen LogP contribution in [0.3, 0.4) is 0 Å². The molecule has 0 bridgehead atoms. The molecule has 0 unspecified atom stereocenters. The van der Waals surface area contributed by atoms with Gasteiger partial charge in [0.15, 0.2) is 0 Å². The van der Waals surface area contributed by atoms with Gasteiger partial charge in [-0.15, -0.1) is 0 Å². The van der Waals surface area contributed by atoms with Crippen molar-refractivity contribution in [2.75, 3.05) is 11.9 Å². The fourth-order valence-corrected chi connectivity index (χ4v) is 2.86. The molecule has 0 saturated heterocycles. The van der Waals surface area contributed by atoms with Crippen LogP contribution in [0.15, 0.2) is 54.7 Å². The highest BCUT2D eigenvalue weighted by Gasteiger charge is 2.14. The molecule has 0 saturated carbocycles. The van der Waals surface area contributed by atoms with E-state index in [0.29, 0.717) is 0 Å². The van der Waals surface area contributed by atoms with E-state index in [1.807, 2.05) is 0 Å². The van der Waals surface area contributed by atoms with Crippen LogP contribution in [0.1, 0.15) is 5.56 Å². The van der Waals surface area contributed by atoms with Gasteiger partial charge in [-0.25, -0.2) is 0 Å². The quantitative estimate of drug-likeness (QED) is 0.518. The Labute approximate surface area is 106 Å². The van der Waals surface area contributed by atoms with E-state index in [9.17, 15) is 0 Å². The molecule has 18 heavy (non-hydrogen) atoms. The van der Waals surface area contributed by atoms with Crippen LogP contribution in [-0.2, 0) is 0 Å². The summed E-state index contributed by atoms with van der Waals surface area (Å²) in [7, 11) is 2.11. The van der Waals surface area contributed by atoms with E-state index in [0.717, 1.165) is 0 Å². The van der Waals surface area contributed by atoms with Crippen molar-refractivity contribution >= 4 is 33.3 Å². The molecular weight excluding hydrogens is 218 g/mol. The average Bonchev–Trinajstić information content (AvgIpc) is 2.43. The molecule has 0 radical (unpaired) electrons. The first kappa shape index (κ1) is 9.72. The molecule has 1 heterocycles. The summed E-state index contributed by atoms with van der Waals surface area (Å²) in [5.74, 6) is 0. The zero-order valence-corrected chi connectivity index (χ0v) is 10.2. The van der Waals surface area contributed by atoms with Crippen LogP contribution < -0.4 is 4.90 Å². The second kappa shape index (κ2) is 3.36. The van der Waals surface area contributed by atoms with Crippen LogP contribution in [0.5, 0.6) is 0 Å². The lowest BCUT2D eigenvalue weighted by Crippen LogP contribution is -2.11. The zero-order valence-electron chi connectivity index (χ0n) is 10.2.